The van der Waals surface area contributed by atoms with E-state index in [0.717, 1.165) is 6.42 Å². The summed E-state index contributed by atoms with van der Waals surface area (Å²) in [5, 5.41) is 0. The van der Waals surface area contributed by atoms with Crippen LogP contribution in [0.5, 0.6) is 0 Å². The molecule has 0 bridgehead atoms. The van der Waals surface area contributed by atoms with E-state index in [0.29, 0.717) is 3.67 Å². The van der Waals surface area contributed by atoms with E-state index in [1.165, 1.54) is 30.6 Å². The zero-order chi connectivity index (χ0) is 23.0. The van der Waals surface area contributed by atoms with Crippen LogP contribution in [-0.4, -0.2) is 0 Å². The van der Waals surface area contributed by atoms with Crippen molar-refractivity contribution in [1.82, 2.24) is 0 Å². The van der Waals surface area contributed by atoms with Crippen molar-refractivity contribution in [3.63, 3.8) is 0 Å². The van der Waals surface area contributed by atoms with Crippen molar-refractivity contribution >= 4 is 0 Å². The van der Waals surface area contributed by atoms with Crippen LogP contribution in [0.1, 0.15) is 32.3 Å². The summed E-state index contributed by atoms with van der Waals surface area (Å²) in [5.74, 6) is 0. The van der Waals surface area contributed by atoms with E-state index in [4.69, 9.17) is 0 Å². The van der Waals surface area contributed by atoms with Crippen molar-refractivity contribution < 1.29 is 18.5 Å². The van der Waals surface area contributed by atoms with E-state index in [2.05, 4.69) is 132 Å². The number of allylic oxidation sites excluding steroid dienone is 4. The average Bonchev–Trinajstić information content (AvgIpc) is 3.53. The van der Waals surface area contributed by atoms with Crippen molar-refractivity contribution in [1.29, 1.82) is 0 Å². The maximum absolute atomic E-state index is 4.05. The Morgan fingerprint density at radius 1 is 0.618 bits per heavy atom. The Morgan fingerprint density at radius 2 is 1.09 bits per heavy atom. The zero-order valence-corrected chi connectivity index (χ0v) is 23.4. The Balaban J connectivity index is 1.67. The SMILES string of the molecule is [CH3][Hf]([CH2]c1ccccc1)([CH2]c1ccccc1)([C]1=CC=CC1)[CH]1c2ccccc2-c2ccccc21. The standard InChI is InChI=1S/C13H9.2C7H7.C5H5.CH3.Hf/c1-3-7-12-10(5-1)9-11-6-2-4-8-13(11)12;2*1-7-5-3-2-4-6-7;1-2-4-5-3-1;;/h1-9H;2*2-6H,1H2;1-3H,4H2;1H3;. The zero-order valence-electron chi connectivity index (χ0n) is 19.8. The maximum atomic E-state index is 2.79. The van der Waals surface area contributed by atoms with Gasteiger partial charge in [-0.3, -0.25) is 0 Å². The van der Waals surface area contributed by atoms with Gasteiger partial charge in [-0.1, -0.05) is 0 Å². The molecule has 0 saturated carbocycles. The fraction of sp³-hybridized carbons (Fsp3) is 0.152. The van der Waals surface area contributed by atoms with Crippen LogP contribution in [0.15, 0.2) is 131 Å². The van der Waals surface area contributed by atoms with Crippen LogP contribution in [0.4, 0.5) is 0 Å². The van der Waals surface area contributed by atoms with Gasteiger partial charge in [-0.25, -0.2) is 0 Å². The van der Waals surface area contributed by atoms with E-state index in [-0.39, 0.29) is 0 Å². The van der Waals surface area contributed by atoms with Crippen LogP contribution in [-0.2, 0) is 26.9 Å². The van der Waals surface area contributed by atoms with Gasteiger partial charge in [-0.05, 0) is 0 Å². The van der Waals surface area contributed by atoms with Gasteiger partial charge in [0.15, 0.2) is 0 Å². The van der Waals surface area contributed by atoms with Crippen molar-refractivity contribution in [2.75, 3.05) is 0 Å². The molecular formula is C33H31Hf. The van der Waals surface area contributed by atoms with Gasteiger partial charge in [0.1, 0.15) is 0 Å². The van der Waals surface area contributed by atoms with Gasteiger partial charge in [0.2, 0.25) is 0 Å². The summed E-state index contributed by atoms with van der Waals surface area (Å²) in [6.45, 7) is 0. The molecule has 0 nitrogen and oxygen atoms in total. The molecule has 0 amide bonds. The van der Waals surface area contributed by atoms with Crippen LogP contribution in [0.2, 0.25) is 4.68 Å². The van der Waals surface area contributed by atoms with E-state index < -0.39 is 18.5 Å². The molecule has 1 heteroatoms. The first kappa shape index (κ1) is 21.7. The summed E-state index contributed by atoms with van der Waals surface area (Å²) in [6, 6.07) is 41.1. The van der Waals surface area contributed by atoms with Crippen LogP contribution < -0.4 is 0 Å². The Bertz CT molecular complexity index is 1310. The molecule has 2 aliphatic rings. The number of hydrogen-bond acceptors (Lipinski definition) is 0. The van der Waals surface area contributed by atoms with Crippen LogP contribution in [0.3, 0.4) is 0 Å². The third kappa shape index (κ3) is 3.45. The number of hydrogen-bond donors (Lipinski definition) is 0. The molecule has 0 fully saturated rings. The second-order valence-electron chi connectivity index (χ2n) is 10.7. The first-order chi connectivity index (χ1) is 16.7. The van der Waals surface area contributed by atoms with Gasteiger partial charge in [0.25, 0.3) is 0 Å². The molecule has 0 aromatic heterocycles. The molecule has 6 rings (SSSR count). The molecule has 0 spiro atoms. The molecule has 4 aromatic carbocycles. The molecule has 2 aliphatic carbocycles. The summed E-state index contributed by atoms with van der Waals surface area (Å²) in [4.78, 5) is 0. The van der Waals surface area contributed by atoms with Crippen molar-refractivity contribution in [2.45, 2.75) is 23.1 Å². The monoisotopic (exact) mass is 607 g/mol. The first-order valence-electron chi connectivity index (χ1n) is 12.5. The molecule has 167 valence electrons. The molecule has 0 saturated heterocycles. The minimum atomic E-state index is -4.05. The third-order valence-electron chi connectivity index (χ3n) is 8.49. The van der Waals surface area contributed by atoms with Crippen molar-refractivity contribution in [3.05, 3.63) is 153 Å². The van der Waals surface area contributed by atoms with E-state index >= 15 is 0 Å². The predicted molar refractivity (Wildman–Crippen MR) is 142 cm³/mol. The second kappa shape index (κ2) is 8.47. The first-order valence-corrected chi connectivity index (χ1v) is 25.0. The van der Waals surface area contributed by atoms with Crippen LogP contribution in [0.25, 0.3) is 11.1 Å². The Hall–Kier alpha value is -2.77. The van der Waals surface area contributed by atoms with Crippen LogP contribution >= 0.6 is 0 Å². The van der Waals surface area contributed by atoms with Crippen molar-refractivity contribution in [2.24, 2.45) is 0 Å². The van der Waals surface area contributed by atoms with Crippen molar-refractivity contribution in [3.8, 4) is 11.1 Å². The van der Waals surface area contributed by atoms with E-state index in [1.807, 2.05) is 0 Å². The van der Waals surface area contributed by atoms with Crippen LogP contribution in [0, 0.1) is 0 Å². The Labute approximate surface area is 204 Å². The summed E-state index contributed by atoms with van der Waals surface area (Å²) in [5.41, 5.74) is 8.99. The molecule has 0 aliphatic heterocycles. The molecule has 0 heterocycles. The molecule has 0 radical (unpaired) electrons. The average molecular weight is 606 g/mol. The summed E-state index contributed by atoms with van der Waals surface area (Å²) >= 11 is -4.05. The Morgan fingerprint density at radius 3 is 1.56 bits per heavy atom. The summed E-state index contributed by atoms with van der Waals surface area (Å²) in [6.07, 6.45) is 8.31. The number of rotatable bonds is 6. The fourth-order valence-corrected chi connectivity index (χ4v) is 34.9. The predicted octanol–water partition coefficient (Wildman–Crippen LogP) is 8.74. The van der Waals surface area contributed by atoms with Gasteiger partial charge in [-0.15, -0.1) is 0 Å². The molecule has 0 N–H and O–H groups in total. The van der Waals surface area contributed by atoms with E-state index in [1.54, 1.807) is 14.5 Å². The normalized spacial score (nSPS) is 15.9. The quantitative estimate of drug-likeness (QED) is 0.193. The summed E-state index contributed by atoms with van der Waals surface area (Å²) in [7, 11) is 0. The second-order valence-corrected chi connectivity index (χ2v) is 34.8. The van der Waals surface area contributed by atoms with Gasteiger partial charge in [-0.2, -0.15) is 0 Å². The Kier molecular flexibility index (Phi) is 5.41. The van der Waals surface area contributed by atoms with Gasteiger partial charge >= 0.3 is 206 Å². The topological polar surface area (TPSA) is 0 Å². The van der Waals surface area contributed by atoms with Gasteiger partial charge in [0.05, 0.1) is 0 Å². The number of benzene rings is 4. The van der Waals surface area contributed by atoms with E-state index in [9.17, 15) is 0 Å². The molecule has 34 heavy (non-hydrogen) atoms. The van der Waals surface area contributed by atoms with Gasteiger partial charge < -0.3 is 0 Å². The minimum absolute atomic E-state index is 0.482. The summed E-state index contributed by atoms with van der Waals surface area (Å²) < 4.78 is 7.43. The number of fused-ring (bicyclic) bond motifs is 3. The molecule has 0 atom stereocenters. The molecule has 4 aromatic rings. The third-order valence-corrected chi connectivity index (χ3v) is 35.0. The van der Waals surface area contributed by atoms with Gasteiger partial charge in [0, 0.05) is 0 Å². The fourth-order valence-electron chi connectivity index (χ4n) is 7.07. The molecule has 0 unspecified atom stereocenters. The molecular weight excluding hydrogens is 575 g/mol.